The van der Waals surface area contributed by atoms with Gasteiger partial charge in [0.25, 0.3) is 5.91 Å². The Morgan fingerprint density at radius 3 is 2.36 bits per heavy atom. The molecule has 11 heteroatoms. The van der Waals surface area contributed by atoms with Gasteiger partial charge >= 0.3 is 0 Å². The summed E-state index contributed by atoms with van der Waals surface area (Å²) in [6.45, 7) is 8.68. The van der Waals surface area contributed by atoms with Crippen molar-refractivity contribution in [2.75, 3.05) is 49.2 Å². The number of anilines is 2. The molecule has 0 saturated carbocycles. The number of nitriles is 1. The van der Waals surface area contributed by atoms with Crippen molar-refractivity contribution in [1.29, 1.82) is 5.26 Å². The van der Waals surface area contributed by atoms with Gasteiger partial charge in [-0.25, -0.2) is 4.39 Å². The highest BCUT2D eigenvalue weighted by molar-refractivity contribution is 6.36. The minimum atomic E-state index is -0.510. The van der Waals surface area contributed by atoms with Crippen LogP contribution in [0.1, 0.15) is 81.3 Å². The second kappa shape index (κ2) is 15.7. The first kappa shape index (κ1) is 33.0. The number of halogens is 2. The van der Waals surface area contributed by atoms with E-state index in [-0.39, 0.29) is 23.6 Å². The normalized spacial score (nSPS) is 16.4. The van der Waals surface area contributed by atoms with E-state index >= 15 is 4.39 Å². The number of hydrogen-bond acceptors (Lipinski definition) is 7. The van der Waals surface area contributed by atoms with Gasteiger partial charge in [0.15, 0.2) is 12.0 Å². The quantitative estimate of drug-likeness (QED) is 0.157. The molecule has 5 rings (SSSR count). The van der Waals surface area contributed by atoms with Gasteiger partial charge in [-0.2, -0.15) is 10.4 Å². The highest BCUT2D eigenvalue weighted by atomic mass is 35.5. The number of carbonyl (C=O) groups is 1. The van der Waals surface area contributed by atoms with Crippen molar-refractivity contribution >= 4 is 39.8 Å². The molecule has 0 atom stereocenters. The number of piperidine rings is 2. The Hall–Kier alpha value is -3.39. The lowest BCUT2D eigenvalue weighted by Crippen LogP contribution is -2.45. The van der Waals surface area contributed by atoms with Crippen LogP contribution in [0.4, 0.5) is 15.8 Å². The maximum Gasteiger partial charge on any atom is 0.254 e. The molecule has 2 aliphatic heterocycles. The third-order valence-corrected chi connectivity index (χ3v) is 9.29. The standard InChI is InChI=1S/C34H44ClFN6O3/c1-3-5-19-44-34(45-20-6-4-2)23-11-15-41(16-12-23)25-7-8-26(28(36)21-25)33(43)38-24-13-17-42(18-14-24)30-10-9-27(35)31-29(22-37)39-40-32(30)31/h7-10,21,23-24,34H,3-6,11-20H2,1-2H3,(H,38,43)(H,39,40). The lowest BCUT2D eigenvalue weighted by atomic mass is 9.95. The van der Waals surface area contributed by atoms with Crippen LogP contribution in [0.2, 0.25) is 5.02 Å². The van der Waals surface area contributed by atoms with E-state index in [0.717, 1.165) is 68.5 Å². The zero-order valence-electron chi connectivity index (χ0n) is 26.3. The van der Waals surface area contributed by atoms with Crippen LogP contribution < -0.4 is 15.1 Å². The van der Waals surface area contributed by atoms with Crippen molar-refractivity contribution in [2.24, 2.45) is 5.92 Å². The Kier molecular flexibility index (Phi) is 11.5. The summed E-state index contributed by atoms with van der Waals surface area (Å²) in [5.74, 6) is -0.588. The maximum absolute atomic E-state index is 15.3. The zero-order chi connectivity index (χ0) is 31.8. The predicted molar refractivity (Wildman–Crippen MR) is 175 cm³/mol. The summed E-state index contributed by atoms with van der Waals surface area (Å²) in [5.41, 5.74) is 2.77. The molecule has 3 heterocycles. The number of nitrogens with zero attached hydrogens (tertiary/aromatic N) is 4. The average Bonchev–Trinajstić information content (AvgIpc) is 3.50. The zero-order valence-corrected chi connectivity index (χ0v) is 27.0. The summed E-state index contributed by atoms with van der Waals surface area (Å²) in [4.78, 5) is 17.5. The SMILES string of the molecule is CCCCOC(OCCCC)C1CCN(c2ccc(C(=O)NC3CCN(c4ccc(Cl)c5c(C#N)n[nH]c45)CC3)c(F)c2)CC1. The molecule has 0 spiro atoms. The van der Waals surface area contributed by atoms with Crippen LogP contribution in [-0.2, 0) is 9.47 Å². The molecular weight excluding hydrogens is 595 g/mol. The molecule has 2 saturated heterocycles. The van der Waals surface area contributed by atoms with Gasteiger partial charge in [0.2, 0.25) is 0 Å². The first-order valence-corrected chi connectivity index (χ1v) is 16.7. The number of aromatic nitrogens is 2. The smallest absolute Gasteiger partial charge is 0.254 e. The topological polar surface area (TPSA) is 107 Å². The Morgan fingerprint density at radius 1 is 1.07 bits per heavy atom. The van der Waals surface area contributed by atoms with Crippen LogP contribution in [0, 0.1) is 23.1 Å². The summed E-state index contributed by atoms with van der Waals surface area (Å²) < 4.78 is 27.5. The number of hydrogen-bond donors (Lipinski definition) is 2. The minimum absolute atomic E-state index is 0.0608. The first-order valence-electron chi connectivity index (χ1n) is 16.3. The number of amides is 1. The molecule has 3 aromatic rings. The summed E-state index contributed by atoms with van der Waals surface area (Å²) in [6.07, 6.45) is 7.26. The summed E-state index contributed by atoms with van der Waals surface area (Å²) >= 11 is 6.33. The number of nitrogens with one attached hydrogen (secondary N) is 2. The van der Waals surface area contributed by atoms with Crippen molar-refractivity contribution in [3.63, 3.8) is 0 Å². The van der Waals surface area contributed by atoms with Gasteiger partial charge in [0.1, 0.15) is 11.9 Å². The van der Waals surface area contributed by atoms with Gasteiger partial charge in [0, 0.05) is 57.0 Å². The molecule has 2 fully saturated rings. The second-order valence-electron chi connectivity index (χ2n) is 12.0. The highest BCUT2D eigenvalue weighted by Crippen LogP contribution is 2.34. The second-order valence-corrected chi connectivity index (χ2v) is 12.4. The number of unbranched alkanes of at least 4 members (excludes halogenated alkanes) is 2. The summed E-state index contributed by atoms with van der Waals surface area (Å²) in [7, 11) is 0. The Bertz CT molecular complexity index is 1470. The molecule has 0 aliphatic carbocycles. The third-order valence-electron chi connectivity index (χ3n) is 8.97. The molecule has 0 bridgehead atoms. The predicted octanol–water partition coefficient (Wildman–Crippen LogP) is 6.80. The maximum atomic E-state index is 15.3. The fourth-order valence-corrected chi connectivity index (χ4v) is 6.52. The molecule has 0 radical (unpaired) electrons. The van der Waals surface area contributed by atoms with Crippen LogP contribution in [-0.4, -0.2) is 67.8 Å². The number of carbonyl (C=O) groups excluding carboxylic acids is 1. The van der Waals surface area contributed by atoms with Gasteiger partial charge in [-0.3, -0.25) is 9.89 Å². The Labute approximate surface area is 270 Å². The van der Waals surface area contributed by atoms with Crippen LogP contribution in [0.5, 0.6) is 0 Å². The number of fused-ring (bicyclic) bond motifs is 1. The average molecular weight is 639 g/mol. The van der Waals surface area contributed by atoms with Gasteiger partial charge in [-0.05, 0) is 68.9 Å². The minimum Gasteiger partial charge on any atom is -0.371 e. The molecule has 2 aromatic carbocycles. The molecule has 45 heavy (non-hydrogen) atoms. The molecule has 9 nitrogen and oxygen atoms in total. The van der Waals surface area contributed by atoms with Gasteiger partial charge in [0.05, 0.1) is 27.2 Å². The van der Waals surface area contributed by atoms with Crippen LogP contribution >= 0.6 is 11.6 Å². The fourth-order valence-electron chi connectivity index (χ4n) is 6.27. The monoisotopic (exact) mass is 638 g/mol. The fraction of sp³-hybridized carbons (Fsp3) is 0.559. The van der Waals surface area contributed by atoms with Crippen LogP contribution in [0.25, 0.3) is 10.9 Å². The number of H-pyrrole nitrogens is 1. The van der Waals surface area contributed by atoms with Crippen molar-refractivity contribution in [1.82, 2.24) is 15.5 Å². The third kappa shape index (κ3) is 7.89. The molecular formula is C34H44ClFN6O3. The van der Waals surface area contributed by atoms with Gasteiger partial charge in [-0.1, -0.05) is 38.3 Å². The molecule has 2 aliphatic rings. The molecule has 2 N–H and O–H groups in total. The largest absolute Gasteiger partial charge is 0.371 e. The van der Waals surface area contributed by atoms with E-state index < -0.39 is 11.7 Å². The highest BCUT2D eigenvalue weighted by Gasteiger charge is 2.29. The Morgan fingerprint density at radius 2 is 1.73 bits per heavy atom. The summed E-state index contributed by atoms with van der Waals surface area (Å²) in [6, 6.07) is 10.6. The van der Waals surface area contributed by atoms with E-state index in [9.17, 15) is 10.1 Å². The van der Waals surface area contributed by atoms with Gasteiger partial charge < -0.3 is 24.6 Å². The number of ether oxygens (including phenoxy) is 2. The number of aromatic amines is 1. The van der Waals surface area contributed by atoms with Crippen molar-refractivity contribution in [3.8, 4) is 6.07 Å². The van der Waals surface area contributed by atoms with Crippen molar-refractivity contribution in [3.05, 3.63) is 52.4 Å². The molecule has 0 unspecified atom stereocenters. The van der Waals surface area contributed by atoms with Crippen molar-refractivity contribution < 1.29 is 18.7 Å². The Balaban J connectivity index is 1.13. The van der Waals surface area contributed by atoms with E-state index in [0.29, 0.717) is 55.5 Å². The lowest BCUT2D eigenvalue weighted by Gasteiger charge is -2.37. The lowest BCUT2D eigenvalue weighted by molar-refractivity contribution is -0.177. The van der Waals surface area contributed by atoms with Crippen LogP contribution in [0.15, 0.2) is 30.3 Å². The first-order chi connectivity index (χ1) is 21.9. The molecule has 1 aromatic heterocycles. The van der Waals surface area contributed by atoms with E-state index in [4.69, 9.17) is 21.1 Å². The summed E-state index contributed by atoms with van der Waals surface area (Å²) in [5, 5.41) is 20.5. The molecule has 242 valence electrons. The number of benzene rings is 2. The van der Waals surface area contributed by atoms with E-state index in [1.807, 2.05) is 12.1 Å². The van der Waals surface area contributed by atoms with E-state index in [1.165, 1.54) is 6.07 Å². The molecule has 1 amide bonds. The number of rotatable bonds is 13. The van der Waals surface area contributed by atoms with Crippen molar-refractivity contribution in [2.45, 2.75) is 77.5 Å². The van der Waals surface area contributed by atoms with Gasteiger partial charge in [-0.15, -0.1) is 0 Å². The van der Waals surface area contributed by atoms with E-state index in [2.05, 4.69) is 45.2 Å². The van der Waals surface area contributed by atoms with Crippen LogP contribution in [0.3, 0.4) is 0 Å². The van der Waals surface area contributed by atoms with E-state index in [1.54, 1.807) is 12.1 Å².